The topological polar surface area (TPSA) is 113 Å². The number of aliphatic hydroxyl groups is 3. The molecule has 2 heterocycles. The van der Waals surface area contributed by atoms with Gasteiger partial charge in [0.05, 0.1) is 18.1 Å². The van der Waals surface area contributed by atoms with E-state index in [-0.39, 0.29) is 18.3 Å². The van der Waals surface area contributed by atoms with Crippen LogP contribution < -0.4 is 0 Å². The van der Waals surface area contributed by atoms with Gasteiger partial charge in [-0.15, -0.1) is 0 Å². The lowest BCUT2D eigenvalue weighted by atomic mass is 9.35. The molecule has 6 fully saturated rings. The van der Waals surface area contributed by atoms with E-state index in [1.165, 1.54) is 6.92 Å². The molecule has 7 heteroatoms. The van der Waals surface area contributed by atoms with E-state index in [2.05, 4.69) is 6.58 Å². The number of fused-ring (bicyclic) bond motifs is 2. The van der Waals surface area contributed by atoms with Crippen LogP contribution in [0.3, 0.4) is 0 Å². The Kier molecular flexibility index (Phi) is 3.73. The molecule has 9 atom stereocenters. The van der Waals surface area contributed by atoms with Crippen molar-refractivity contribution < 1.29 is 34.4 Å². The molecule has 2 spiro atoms. The number of rotatable bonds is 1. The smallest absolute Gasteiger partial charge is 0.302 e. The Labute approximate surface area is 170 Å². The van der Waals surface area contributed by atoms with Crippen molar-refractivity contribution in [2.45, 2.75) is 70.6 Å². The normalized spacial score (nSPS) is 54.7. The Morgan fingerprint density at radius 1 is 1.28 bits per heavy atom. The summed E-state index contributed by atoms with van der Waals surface area (Å²) in [5.41, 5.74) is -2.46. The summed E-state index contributed by atoms with van der Waals surface area (Å²) in [5.74, 6) is -4.25. The molecule has 0 radical (unpaired) electrons. The van der Waals surface area contributed by atoms with E-state index < -0.39 is 58.1 Å². The summed E-state index contributed by atoms with van der Waals surface area (Å²) < 4.78 is 11.6. The van der Waals surface area contributed by atoms with Crippen molar-refractivity contribution in [2.75, 3.05) is 6.61 Å². The highest BCUT2D eigenvalue weighted by atomic mass is 16.6. The number of esters is 1. The molecule has 6 rings (SSSR count). The number of ether oxygens (including phenoxy) is 2. The van der Waals surface area contributed by atoms with Gasteiger partial charge in [-0.05, 0) is 42.6 Å². The van der Waals surface area contributed by atoms with E-state index in [0.717, 1.165) is 0 Å². The maximum Gasteiger partial charge on any atom is 0.302 e. The lowest BCUT2D eigenvalue weighted by Crippen LogP contribution is -2.85. The third kappa shape index (κ3) is 1.94. The Bertz CT molecular complexity index is 820. The molecule has 160 valence electrons. The number of carbonyl (C=O) groups is 2. The van der Waals surface area contributed by atoms with Crippen LogP contribution in [0.1, 0.15) is 46.5 Å². The van der Waals surface area contributed by atoms with Gasteiger partial charge in [0.25, 0.3) is 0 Å². The molecular formula is C22H30O7. The molecular weight excluding hydrogens is 376 g/mol. The predicted molar refractivity (Wildman–Crippen MR) is 100 cm³/mol. The molecule has 0 aromatic carbocycles. The maximum absolute atomic E-state index is 13.6. The summed E-state index contributed by atoms with van der Waals surface area (Å²) >= 11 is 0. The number of carbonyl (C=O) groups excluding carboxylic acids is 2. The first kappa shape index (κ1) is 19.7. The Balaban J connectivity index is 1.80. The number of allylic oxidation sites excluding steroid dienone is 1. The van der Waals surface area contributed by atoms with Crippen LogP contribution in [0.5, 0.6) is 0 Å². The first-order valence-electron chi connectivity index (χ1n) is 10.6. The molecule has 29 heavy (non-hydrogen) atoms. The van der Waals surface area contributed by atoms with Crippen LogP contribution in [-0.4, -0.2) is 57.8 Å². The highest BCUT2D eigenvalue weighted by Gasteiger charge is 2.86. The fourth-order valence-corrected chi connectivity index (χ4v) is 8.17. The highest BCUT2D eigenvalue weighted by molar-refractivity contribution is 6.04. The Morgan fingerprint density at radius 3 is 2.62 bits per heavy atom. The average Bonchev–Trinajstić information content (AvgIpc) is 2.82. The van der Waals surface area contributed by atoms with E-state index in [0.29, 0.717) is 31.3 Å². The van der Waals surface area contributed by atoms with E-state index in [1.807, 2.05) is 13.8 Å². The van der Waals surface area contributed by atoms with Crippen molar-refractivity contribution in [3.05, 3.63) is 12.2 Å². The zero-order valence-electron chi connectivity index (χ0n) is 17.2. The number of hydrogen-bond acceptors (Lipinski definition) is 7. The summed E-state index contributed by atoms with van der Waals surface area (Å²) in [7, 11) is 0. The van der Waals surface area contributed by atoms with Gasteiger partial charge in [-0.3, -0.25) is 9.59 Å². The summed E-state index contributed by atoms with van der Waals surface area (Å²) in [6.07, 6.45) is -0.914. The van der Waals surface area contributed by atoms with Gasteiger partial charge in [0.2, 0.25) is 5.79 Å². The van der Waals surface area contributed by atoms with E-state index in [1.54, 1.807) is 0 Å². The molecule has 4 bridgehead atoms. The number of aliphatic hydroxyl groups excluding tert-OH is 2. The van der Waals surface area contributed by atoms with Crippen molar-refractivity contribution in [2.24, 2.45) is 34.0 Å². The lowest BCUT2D eigenvalue weighted by molar-refractivity contribution is -0.455. The van der Waals surface area contributed by atoms with Gasteiger partial charge in [-0.1, -0.05) is 20.4 Å². The molecule has 0 aromatic heterocycles. The zero-order chi connectivity index (χ0) is 21.1. The predicted octanol–water partition coefficient (Wildman–Crippen LogP) is 0.946. The summed E-state index contributed by atoms with van der Waals surface area (Å²) in [4.78, 5) is 25.5. The van der Waals surface area contributed by atoms with Crippen molar-refractivity contribution >= 4 is 11.8 Å². The molecule has 4 aliphatic carbocycles. The van der Waals surface area contributed by atoms with E-state index in [9.17, 15) is 24.9 Å². The third-order valence-electron chi connectivity index (χ3n) is 9.08. The molecule has 2 aliphatic heterocycles. The van der Waals surface area contributed by atoms with Gasteiger partial charge in [-0.25, -0.2) is 0 Å². The molecule has 2 saturated heterocycles. The van der Waals surface area contributed by atoms with Crippen molar-refractivity contribution in [3.63, 3.8) is 0 Å². The summed E-state index contributed by atoms with van der Waals surface area (Å²) in [6.45, 7) is 9.36. The Morgan fingerprint density at radius 2 is 1.97 bits per heavy atom. The molecule has 0 amide bonds. The van der Waals surface area contributed by atoms with Gasteiger partial charge < -0.3 is 24.8 Å². The SMILES string of the molecule is C=C1C(=O)[C@]23CC1C[C@@H](OC(C)=O)[C@H]2[C@@]12COC3(O)[C@@H](O)[C@@H]1C(C)(C)CC[C@@H]2O. The molecule has 7 nitrogen and oxygen atoms in total. The maximum atomic E-state index is 13.6. The average molecular weight is 406 g/mol. The van der Waals surface area contributed by atoms with Gasteiger partial charge in [0.1, 0.15) is 12.2 Å². The van der Waals surface area contributed by atoms with E-state index in [4.69, 9.17) is 9.47 Å². The second-order valence-corrected chi connectivity index (χ2v) is 10.7. The fraction of sp³-hybridized carbons (Fsp3) is 0.818. The molecule has 2 unspecified atom stereocenters. The van der Waals surface area contributed by atoms with Crippen molar-refractivity contribution in [1.82, 2.24) is 0 Å². The quantitative estimate of drug-likeness (QED) is 0.439. The van der Waals surface area contributed by atoms with Crippen LogP contribution in [0.15, 0.2) is 12.2 Å². The minimum absolute atomic E-state index is 0.0183. The van der Waals surface area contributed by atoms with Crippen molar-refractivity contribution in [3.8, 4) is 0 Å². The van der Waals surface area contributed by atoms with Crippen LogP contribution in [0.2, 0.25) is 0 Å². The highest BCUT2D eigenvalue weighted by Crippen LogP contribution is 2.76. The van der Waals surface area contributed by atoms with Crippen LogP contribution in [0.4, 0.5) is 0 Å². The minimum atomic E-state index is -2.09. The van der Waals surface area contributed by atoms with E-state index >= 15 is 0 Å². The van der Waals surface area contributed by atoms with Gasteiger partial charge in [-0.2, -0.15) is 0 Å². The van der Waals surface area contributed by atoms with Crippen LogP contribution in [0.25, 0.3) is 0 Å². The van der Waals surface area contributed by atoms with Gasteiger partial charge >= 0.3 is 5.97 Å². The summed E-state index contributed by atoms with van der Waals surface area (Å²) in [5, 5.41) is 34.6. The second-order valence-electron chi connectivity index (χ2n) is 10.7. The molecule has 4 saturated carbocycles. The standard InChI is InChI=1S/C22H30O7/c1-10-12-7-13(29-11(2)23)15-20-9-28-22(27,21(15,8-12)17(10)25)18(26)16(20)19(3,4)6-5-14(20)24/h12-16,18,24,26-27H,1,5-9H2,2-4H3/t12?,13-,14+,15+,16-,18+,20+,21+,22?/m1/s1. The zero-order valence-corrected chi connectivity index (χ0v) is 17.2. The number of hydrogen-bond donors (Lipinski definition) is 3. The first-order chi connectivity index (χ1) is 13.4. The largest absolute Gasteiger partial charge is 0.462 e. The first-order valence-corrected chi connectivity index (χ1v) is 10.6. The Hall–Kier alpha value is -1.28. The second kappa shape index (κ2) is 5.49. The number of Topliss-reactive ketones (excluding diaryl/α,β-unsaturated/α-hetero) is 1. The number of ketones is 1. The molecule has 6 aliphatic rings. The van der Waals surface area contributed by atoms with Crippen LogP contribution in [-0.2, 0) is 19.1 Å². The van der Waals surface area contributed by atoms with Crippen LogP contribution >= 0.6 is 0 Å². The monoisotopic (exact) mass is 406 g/mol. The van der Waals surface area contributed by atoms with Gasteiger partial charge in [0, 0.05) is 24.2 Å². The minimum Gasteiger partial charge on any atom is -0.462 e. The lowest BCUT2D eigenvalue weighted by Gasteiger charge is -2.74. The van der Waals surface area contributed by atoms with Crippen LogP contribution in [0, 0.1) is 34.0 Å². The van der Waals surface area contributed by atoms with Crippen molar-refractivity contribution in [1.29, 1.82) is 0 Å². The van der Waals surface area contributed by atoms with Gasteiger partial charge in [0.15, 0.2) is 5.78 Å². The molecule has 3 N–H and O–H groups in total. The third-order valence-corrected chi connectivity index (χ3v) is 9.08. The summed E-state index contributed by atoms with van der Waals surface area (Å²) in [6, 6.07) is 0. The molecule has 0 aromatic rings. The fourth-order valence-electron chi connectivity index (χ4n) is 8.17.